The fourth-order valence-corrected chi connectivity index (χ4v) is 5.05. The number of aliphatic hydroxyl groups is 1. The summed E-state index contributed by atoms with van der Waals surface area (Å²) in [5, 5.41) is 13.2. The molecule has 2 aliphatic heterocycles. The largest absolute Gasteiger partial charge is 0.494 e. The van der Waals surface area contributed by atoms with E-state index in [0.717, 1.165) is 45.5 Å². The maximum absolute atomic E-state index is 13.4. The molecule has 1 unspecified atom stereocenters. The Hall–Kier alpha value is -3.16. The van der Waals surface area contributed by atoms with E-state index in [2.05, 4.69) is 17.0 Å². The molecule has 2 aliphatic rings. The molecule has 3 aromatic rings. The zero-order valence-corrected chi connectivity index (χ0v) is 19.4. The number of nitrogens with zero attached hydrogens (tertiary/aromatic N) is 2. The first kappa shape index (κ1) is 21.7. The van der Waals surface area contributed by atoms with E-state index in [1.54, 1.807) is 17.6 Å². The molecule has 7 nitrogen and oxygen atoms in total. The lowest BCUT2D eigenvalue weighted by molar-refractivity contribution is -0.172. The van der Waals surface area contributed by atoms with Crippen LogP contribution in [-0.4, -0.2) is 41.2 Å². The van der Waals surface area contributed by atoms with Gasteiger partial charge in [-0.25, -0.2) is 4.79 Å². The molecule has 0 amide bonds. The molecule has 33 heavy (non-hydrogen) atoms. The standard InChI is InChI=1S/C26H28N2O5/c1-5-26(31)21-11-22-18-9-15-7-8-23(32-6-2)19(13-27(3)4)17(15)10-16(18)12-28(22)24(29)20(21)14-33-25(26)30/h7-11,31H,5-6,12-14H2,1-4H3. The highest BCUT2D eigenvalue weighted by molar-refractivity contribution is 5.93. The number of carbonyl (C=O) groups excluding carboxylic acids is 1. The molecule has 1 N–H and O–H groups in total. The molecule has 1 aromatic heterocycles. The molecule has 0 saturated heterocycles. The maximum atomic E-state index is 13.4. The van der Waals surface area contributed by atoms with E-state index in [0.29, 0.717) is 24.3 Å². The average molecular weight is 449 g/mol. The van der Waals surface area contributed by atoms with Gasteiger partial charge in [0.2, 0.25) is 0 Å². The van der Waals surface area contributed by atoms with Gasteiger partial charge in [0.1, 0.15) is 12.4 Å². The van der Waals surface area contributed by atoms with Gasteiger partial charge < -0.3 is 24.0 Å². The normalized spacial score (nSPS) is 18.8. The molecular weight excluding hydrogens is 420 g/mol. The third-order valence-corrected chi connectivity index (χ3v) is 6.73. The van der Waals surface area contributed by atoms with Crippen molar-refractivity contribution in [3.05, 3.63) is 62.9 Å². The van der Waals surface area contributed by atoms with Crippen molar-refractivity contribution in [2.24, 2.45) is 0 Å². The Bertz CT molecular complexity index is 1360. The van der Waals surface area contributed by atoms with Crippen LogP contribution in [0, 0.1) is 0 Å². The highest BCUT2D eigenvalue weighted by atomic mass is 16.6. The van der Waals surface area contributed by atoms with Crippen molar-refractivity contribution in [2.75, 3.05) is 20.7 Å². The molecular formula is C26H28N2O5. The van der Waals surface area contributed by atoms with Crippen molar-refractivity contribution >= 4 is 16.7 Å². The first-order chi connectivity index (χ1) is 15.8. The summed E-state index contributed by atoms with van der Waals surface area (Å²) in [6.45, 7) is 5.33. The van der Waals surface area contributed by atoms with Gasteiger partial charge in [0.05, 0.1) is 24.4 Å². The fraction of sp³-hybridized carbons (Fsp3) is 0.385. The van der Waals surface area contributed by atoms with Gasteiger partial charge in [0.15, 0.2) is 5.60 Å². The van der Waals surface area contributed by atoms with E-state index in [1.807, 2.05) is 33.2 Å². The second kappa shape index (κ2) is 7.71. The van der Waals surface area contributed by atoms with Crippen LogP contribution >= 0.6 is 0 Å². The second-order valence-electron chi connectivity index (χ2n) is 9.05. The van der Waals surface area contributed by atoms with E-state index in [1.165, 1.54) is 0 Å². The van der Waals surface area contributed by atoms with Crippen LogP contribution < -0.4 is 10.3 Å². The van der Waals surface area contributed by atoms with Gasteiger partial charge in [-0.2, -0.15) is 0 Å². The Kier molecular flexibility index (Phi) is 5.06. The van der Waals surface area contributed by atoms with Crippen LogP contribution in [-0.2, 0) is 34.8 Å². The quantitative estimate of drug-likeness (QED) is 0.473. The van der Waals surface area contributed by atoms with Crippen molar-refractivity contribution in [2.45, 2.75) is 45.6 Å². The predicted molar refractivity (Wildman–Crippen MR) is 125 cm³/mol. The minimum absolute atomic E-state index is 0.112. The highest BCUT2D eigenvalue weighted by Gasteiger charge is 2.45. The van der Waals surface area contributed by atoms with Crippen molar-refractivity contribution in [3.8, 4) is 17.0 Å². The van der Waals surface area contributed by atoms with Crippen molar-refractivity contribution in [1.82, 2.24) is 9.47 Å². The van der Waals surface area contributed by atoms with Crippen molar-refractivity contribution in [1.29, 1.82) is 0 Å². The van der Waals surface area contributed by atoms with Crippen LogP contribution in [0.3, 0.4) is 0 Å². The number of pyridine rings is 1. The van der Waals surface area contributed by atoms with E-state index < -0.39 is 11.6 Å². The Labute approximate surface area is 192 Å². The Morgan fingerprint density at radius 3 is 2.67 bits per heavy atom. The summed E-state index contributed by atoms with van der Waals surface area (Å²) < 4.78 is 12.8. The predicted octanol–water partition coefficient (Wildman–Crippen LogP) is 3.14. The monoisotopic (exact) mass is 448 g/mol. The van der Waals surface area contributed by atoms with Gasteiger partial charge >= 0.3 is 5.97 Å². The first-order valence-electron chi connectivity index (χ1n) is 11.3. The van der Waals surface area contributed by atoms with Gasteiger partial charge in [-0.3, -0.25) is 4.79 Å². The first-order valence-corrected chi connectivity index (χ1v) is 11.3. The number of esters is 1. The maximum Gasteiger partial charge on any atom is 0.343 e. The second-order valence-corrected chi connectivity index (χ2v) is 9.05. The summed E-state index contributed by atoms with van der Waals surface area (Å²) in [5.74, 6) is 0.167. The number of aromatic nitrogens is 1. The molecule has 0 saturated carbocycles. The minimum atomic E-state index is -1.80. The van der Waals surface area contributed by atoms with Gasteiger partial charge in [-0.15, -0.1) is 0 Å². The van der Waals surface area contributed by atoms with Crippen LogP contribution in [0.1, 0.15) is 42.5 Å². The van der Waals surface area contributed by atoms with E-state index in [-0.39, 0.29) is 18.6 Å². The number of rotatable bonds is 5. The molecule has 0 aliphatic carbocycles. The van der Waals surface area contributed by atoms with Gasteiger partial charge in [0.25, 0.3) is 5.56 Å². The Morgan fingerprint density at radius 1 is 1.18 bits per heavy atom. The van der Waals surface area contributed by atoms with E-state index in [4.69, 9.17) is 9.47 Å². The van der Waals surface area contributed by atoms with Crippen LogP contribution in [0.5, 0.6) is 5.75 Å². The molecule has 5 rings (SSSR count). The number of hydrogen-bond acceptors (Lipinski definition) is 6. The van der Waals surface area contributed by atoms with Crippen LogP contribution in [0.25, 0.3) is 22.0 Å². The third kappa shape index (κ3) is 3.18. The number of fused-ring (bicyclic) bond motifs is 5. The molecule has 1 atom stereocenters. The summed E-state index contributed by atoms with van der Waals surface area (Å²) in [6.07, 6.45) is 0.139. The summed E-state index contributed by atoms with van der Waals surface area (Å²) in [7, 11) is 4.06. The zero-order valence-electron chi connectivity index (χ0n) is 19.4. The lowest BCUT2D eigenvalue weighted by Gasteiger charge is -2.31. The van der Waals surface area contributed by atoms with Gasteiger partial charge in [-0.1, -0.05) is 13.0 Å². The third-order valence-electron chi connectivity index (χ3n) is 6.73. The van der Waals surface area contributed by atoms with E-state index in [9.17, 15) is 14.7 Å². The SMILES string of the molecule is CCOc1ccc2cc3c(cc2c1CN(C)C)Cn1c-3cc2c(c1=O)COC(=O)C2(O)CC. The minimum Gasteiger partial charge on any atom is -0.494 e. The average Bonchev–Trinajstić information content (AvgIpc) is 3.15. The summed E-state index contributed by atoms with van der Waals surface area (Å²) in [5.41, 5.74) is 2.52. The molecule has 0 fully saturated rings. The number of carbonyl (C=O) groups is 1. The van der Waals surface area contributed by atoms with Gasteiger partial charge in [-0.05, 0) is 68.0 Å². The molecule has 0 radical (unpaired) electrons. The van der Waals surface area contributed by atoms with Crippen molar-refractivity contribution < 1.29 is 19.4 Å². The molecule has 2 aromatic carbocycles. The van der Waals surface area contributed by atoms with Crippen LogP contribution in [0.4, 0.5) is 0 Å². The number of ether oxygens (including phenoxy) is 2. The zero-order chi connectivity index (χ0) is 23.5. The van der Waals surface area contributed by atoms with Gasteiger partial charge in [0, 0.05) is 23.2 Å². The Morgan fingerprint density at radius 2 is 1.97 bits per heavy atom. The lowest BCUT2D eigenvalue weighted by Crippen LogP contribution is -2.44. The van der Waals surface area contributed by atoms with Crippen LogP contribution in [0.15, 0.2) is 35.1 Å². The van der Waals surface area contributed by atoms with Crippen LogP contribution in [0.2, 0.25) is 0 Å². The smallest absolute Gasteiger partial charge is 0.343 e. The van der Waals surface area contributed by atoms with Crippen molar-refractivity contribution in [3.63, 3.8) is 0 Å². The topological polar surface area (TPSA) is 81.0 Å². The highest BCUT2D eigenvalue weighted by Crippen LogP contribution is 2.41. The molecule has 7 heteroatoms. The lowest BCUT2D eigenvalue weighted by atomic mass is 9.85. The molecule has 3 heterocycles. The molecule has 0 spiro atoms. The molecule has 0 bridgehead atoms. The summed E-state index contributed by atoms with van der Waals surface area (Å²) in [4.78, 5) is 27.8. The Balaban J connectivity index is 1.73. The summed E-state index contributed by atoms with van der Waals surface area (Å²) in [6, 6.07) is 10.1. The molecule has 172 valence electrons. The fourth-order valence-electron chi connectivity index (χ4n) is 5.05. The number of benzene rings is 2. The number of hydrogen-bond donors (Lipinski definition) is 1. The number of cyclic esters (lactones) is 1. The summed E-state index contributed by atoms with van der Waals surface area (Å²) >= 11 is 0. The van der Waals surface area contributed by atoms with E-state index >= 15 is 0 Å².